The summed E-state index contributed by atoms with van der Waals surface area (Å²) in [4.78, 5) is 3.99. The van der Waals surface area contributed by atoms with Crippen molar-refractivity contribution in [2.45, 2.75) is 0 Å². The lowest BCUT2D eigenvalue weighted by atomic mass is 9.98. The largest absolute Gasteiger partial charge is 0.318 e. The number of hydrogen-bond acceptors (Lipinski definition) is 0. The van der Waals surface area contributed by atoms with E-state index in [1.165, 1.54) is 32.6 Å². The highest BCUT2D eigenvalue weighted by Gasteiger charge is 2.18. The van der Waals surface area contributed by atoms with E-state index < -0.39 is 0 Å². The first-order valence-electron chi connectivity index (χ1n) is 15.5. The second-order valence-corrected chi connectivity index (χ2v) is 11.6. The van der Waals surface area contributed by atoms with Crippen LogP contribution in [0, 0.1) is 6.57 Å². The van der Waals surface area contributed by atoms with Crippen molar-refractivity contribution in [1.29, 1.82) is 0 Å². The molecule has 0 bridgehead atoms. The van der Waals surface area contributed by atoms with Gasteiger partial charge < -0.3 is 9.13 Å². The van der Waals surface area contributed by atoms with E-state index in [4.69, 9.17) is 6.57 Å². The standard InChI is InChI=1S/C43H27N3/c1-44-38-16-10-15-33(43(38)46-41-19-8-4-13-36(41)37-14-5-9-20-42(37)46)31-23-21-29(22-24-31)30-25-27-32(28-26-30)45-39-17-6-2-11-34(39)35-12-3-7-18-40(35)45/h2-28H. The Hall–Kier alpha value is -6.37. The van der Waals surface area contributed by atoms with E-state index in [0.29, 0.717) is 5.69 Å². The summed E-state index contributed by atoms with van der Waals surface area (Å²) in [5.74, 6) is 0. The number of fused-ring (bicyclic) bond motifs is 6. The maximum Gasteiger partial charge on any atom is 0.211 e. The summed E-state index contributed by atoms with van der Waals surface area (Å²) < 4.78 is 4.60. The molecule has 0 unspecified atom stereocenters. The van der Waals surface area contributed by atoms with Gasteiger partial charge in [-0.2, -0.15) is 0 Å². The van der Waals surface area contributed by atoms with Gasteiger partial charge in [-0.1, -0.05) is 127 Å². The van der Waals surface area contributed by atoms with Gasteiger partial charge in [-0.3, -0.25) is 0 Å². The Labute approximate surface area is 266 Å². The summed E-state index contributed by atoms with van der Waals surface area (Å²) in [6.45, 7) is 8.08. The molecular weight excluding hydrogens is 558 g/mol. The molecule has 3 heteroatoms. The molecule has 0 fully saturated rings. The fourth-order valence-corrected chi connectivity index (χ4v) is 7.10. The molecule has 0 saturated carbocycles. The lowest BCUT2D eigenvalue weighted by molar-refractivity contribution is 1.18. The fourth-order valence-electron chi connectivity index (χ4n) is 7.10. The second-order valence-electron chi connectivity index (χ2n) is 11.6. The molecule has 2 heterocycles. The van der Waals surface area contributed by atoms with Crippen LogP contribution >= 0.6 is 0 Å². The number of hydrogen-bond donors (Lipinski definition) is 0. The third-order valence-electron chi connectivity index (χ3n) is 9.17. The zero-order valence-electron chi connectivity index (χ0n) is 24.9. The van der Waals surface area contributed by atoms with Gasteiger partial charge in [0.1, 0.15) is 0 Å². The highest BCUT2D eigenvalue weighted by Crippen LogP contribution is 2.41. The Morgan fingerprint density at radius 3 is 1.26 bits per heavy atom. The molecule has 2 aromatic heterocycles. The molecule has 3 nitrogen and oxygen atoms in total. The van der Waals surface area contributed by atoms with Gasteiger partial charge >= 0.3 is 0 Å². The van der Waals surface area contributed by atoms with E-state index in [9.17, 15) is 0 Å². The molecule has 7 aromatic carbocycles. The van der Waals surface area contributed by atoms with E-state index in [2.05, 4.69) is 166 Å². The van der Waals surface area contributed by atoms with Crippen molar-refractivity contribution >= 4 is 49.3 Å². The van der Waals surface area contributed by atoms with E-state index in [0.717, 1.165) is 44.7 Å². The molecule has 0 aliphatic rings. The summed E-state index contributed by atoms with van der Waals surface area (Å²) >= 11 is 0. The van der Waals surface area contributed by atoms with Crippen LogP contribution in [0.4, 0.5) is 5.69 Å². The zero-order chi connectivity index (χ0) is 30.6. The number of para-hydroxylation sites is 5. The monoisotopic (exact) mass is 585 g/mol. The van der Waals surface area contributed by atoms with Crippen LogP contribution in [-0.2, 0) is 0 Å². The Morgan fingerprint density at radius 1 is 0.370 bits per heavy atom. The van der Waals surface area contributed by atoms with Crippen LogP contribution in [0.25, 0.3) is 82.1 Å². The number of benzene rings is 7. The van der Waals surface area contributed by atoms with Crippen LogP contribution in [-0.4, -0.2) is 9.13 Å². The first-order chi connectivity index (χ1) is 22.8. The van der Waals surface area contributed by atoms with Crippen molar-refractivity contribution in [3.05, 3.63) is 175 Å². The van der Waals surface area contributed by atoms with Gasteiger partial charge in [-0.05, 0) is 58.7 Å². The second kappa shape index (κ2) is 10.4. The van der Waals surface area contributed by atoms with Crippen LogP contribution in [0.5, 0.6) is 0 Å². The predicted octanol–water partition coefficient (Wildman–Crippen LogP) is 11.8. The van der Waals surface area contributed by atoms with Gasteiger partial charge in [0.05, 0.1) is 34.3 Å². The van der Waals surface area contributed by atoms with E-state index in [1.807, 2.05) is 12.1 Å². The third kappa shape index (κ3) is 3.91. The first-order valence-corrected chi connectivity index (χ1v) is 15.5. The fraction of sp³-hybridized carbons (Fsp3) is 0. The van der Waals surface area contributed by atoms with Crippen molar-refractivity contribution in [3.63, 3.8) is 0 Å². The average Bonchev–Trinajstić information content (AvgIpc) is 3.64. The molecule has 0 aliphatic heterocycles. The average molecular weight is 586 g/mol. The molecule has 0 atom stereocenters. The predicted molar refractivity (Wildman–Crippen MR) is 192 cm³/mol. The summed E-state index contributed by atoms with van der Waals surface area (Å²) in [5, 5.41) is 4.90. The topological polar surface area (TPSA) is 14.2 Å². The number of rotatable bonds is 4. The SMILES string of the molecule is [C-]#[N+]c1cccc(-c2ccc(-c3ccc(-n4c5ccccc5c5ccccc54)cc3)cc2)c1-n1c2ccccc2c2ccccc21. The molecule has 9 rings (SSSR count). The van der Waals surface area contributed by atoms with Crippen LogP contribution < -0.4 is 0 Å². The lowest BCUT2D eigenvalue weighted by Gasteiger charge is -2.16. The number of aromatic nitrogens is 2. The zero-order valence-corrected chi connectivity index (χ0v) is 24.9. The van der Waals surface area contributed by atoms with E-state index in [-0.39, 0.29) is 0 Å². The highest BCUT2D eigenvalue weighted by atomic mass is 15.0. The van der Waals surface area contributed by atoms with Crippen molar-refractivity contribution < 1.29 is 0 Å². The minimum absolute atomic E-state index is 0.633. The van der Waals surface area contributed by atoms with Crippen LogP contribution in [0.1, 0.15) is 0 Å². The maximum atomic E-state index is 8.08. The minimum atomic E-state index is 0.633. The molecule has 46 heavy (non-hydrogen) atoms. The Morgan fingerprint density at radius 2 is 0.783 bits per heavy atom. The van der Waals surface area contributed by atoms with E-state index >= 15 is 0 Å². The third-order valence-corrected chi connectivity index (χ3v) is 9.17. The van der Waals surface area contributed by atoms with Crippen LogP contribution in [0.15, 0.2) is 164 Å². The quantitative estimate of drug-likeness (QED) is 0.182. The molecule has 0 N–H and O–H groups in total. The van der Waals surface area contributed by atoms with Crippen molar-refractivity contribution in [3.8, 4) is 33.6 Å². The number of nitrogens with zero attached hydrogens (tertiary/aromatic N) is 3. The summed E-state index contributed by atoms with van der Waals surface area (Å²) in [6.07, 6.45) is 0. The lowest BCUT2D eigenvalue weighted by Crippen LogP contribution is -1.97. The van der Waals surface area contributed by atoms with Crippen molar-refractivity contribution in [1.82, 2.24) is 9.13 Å². The summed E-state index contributed by atoms with van der Waals surface area (Å²) in [7, 11) is 0. The molecule has 0 saturated heterocycles. The maximum absolute atomic E-state index is 8.08. The molecular formula is C43H27N3. The Bertz CT molecular complexity index is 2520. The van der Waals surface area contributed by atoms with Crippen LogP contribution in [0.3, 0.4) is 0 Å². The van der Waals surface area contributed by atoms with Gasteiger partial charge in [0.15, 0.2) is 0 Å². The summed E-state index contributed by atoms with van der Waals surface area (Å²) in [6, 6.07) is 57.7. The molecule has 214 valence electrons. The van der Waals surface area contributed by atoms with E-state index in [1.54, 1.807) is 0 Å². The molecule has 0 radical (unpaired) electrons. The normalized spacial score (nSPS) is 11.5. The van der Waals surface area contributed by atoms with Gasteiger partial charge in [0, 0.05) is 27.2 Å². The van der Waals surface area contributed by atoms with Crippen molar-refractivity contribution in [2.75, 3.05) is 0 Å². The van der Waals surface area contributed by atoms with Crippen LogP contribution in [0.2, 0.25) is 0 Å². The molecule has 0 amide bonds. The van der Waals surface area contributed by atoms with Crippen molar-refractivity contribution in [2.24, 2.45) is 0 Å². The molecule has 0 aliphatic carbocycles. The Kier molecular flexibility index (Phi) is 5.88. The molecule has 9 aromatic rings. The van der Waals surface area contributed by atoms with Gasteiger partial charge in [0.2, 0.25) is 5.69 Å². The van der Waals surface area contributed by atoms with Gasteiger partial charge in [-0.15, -0.1) is 0 Å². The first kappa shape index (κ1) is 26.1. The Balaban J connectivity index is 1.13. The summed E-state index contributed by atoms with van der Waals surface area (Å²) in [5.41, 5.74) is 11.7. The smallest absolute Gasteiger partial charge is 0.211 e. The minimum Gasteiger partial charge on any atom is -0.318 e. The molecule has 0 spiro atoms. The van der Waals surface area contributed by atoms with Gasteiger partial charge in [-0.25, -0.2) is 4.85 Å². The highest BCUT2D eigenvalue weighted by molar-refractivity contribution is 6.11. The van der Waals surface area contributed by atoms with Gasteiger partial charge in [0.25, 0.3) is 0 Å².